The fourth-order valence-electron chi connectivity index (χ4n) is 2.07. The van der Waals surface area contributed by atoms with Crippen LogP contribution in [-0.4, -0.2) is 34.5 Å². The van der Waals surface area contributed by atoms with Gasteiger partial charge in [0.15, 0.2) is 0 Å². The number of likely N-dealkylation sites (N-methyl/N-ethyl adjacent to an activating group) is 1. The molecular weight excluding hydrogens is 236 g/mol. The summed E-state index contributed by atoms with van der Waals surface area (Å²) in [6.07, 6.45) is 3.49. The molecule has 1 atom stereocenters. The van der Waals surface area contributed by atoms with Crippen LogP contribution in [0.1, 0.15) is 12.5 Å². The number of rotatable bonds is 6. The largest absolute Gasteiger partial charge is 0.350 e. The fourth-order valence-corrected chi connectivity index (χ4v) is 2.07. The number of aromatic nitrogens is 2. The summed E-state index contributed by atoms with van der Waals surface area (Å²) in [5.74, 6) is 0.683. The second-order valence-corrected chi connectivity index (χ2v) is 4.80. The summed E-state index contributed by atoms with van der Waals surface area (Å²) in [6.45, 7) is 4.02. The fraction of sp³-hybridized carbons (Fsp3) is 0.333. The lowest BCUT2D eigenvalue weighted by Gasteiger charge is -2.22. The van der Waals surface area contributed by atoms with E-state index >= 15 is 0 Å². The molecular formula is C15H20N4. The SMILES string of the molecule is CC(CN(C)Cc1ccccc1)Nc1ncccn1. The van der Waals surface area contributed by atoms with Crippen LogP contribution in [0.3, 0.4) is 0 Å². The van der Waals surface area contributed by atoms with Gasteiger partial charge >= 0.3 is 0 Å². The molecule has 0 aliphatic carbocycles. The molecule has 1 heterocycles. The van der Waals surface area contributed by atoms with Crippen LogP contribution in [0.25, 0.3) is 0 Å². The van der Waals surface area contributed by atoms with E-state index in [0.29, 0.717) is 12.0 Å². The molecule has 4 nitrogen and oxygen atoms in total. The Labute approximate surface area is 114 Å². The maximum Gasteiger partial charge on any atom is 0.222 e. The summed E-state index contributed by atoms with van der Waals surface area (Å²) in [5, 5.41) is 3.29. The first-order chi connectivity index (χ1) is 9.24. The van der Waals surface area contributed by atoms with E-state index in [1.54, 1.807) is 12.4 Å². The van der Waals surface area contributed by atoms with E-state index in [4.69, 9.17) is 0 Å². The molecule has 0 aliphatic heterocycles. The van der Waals surface area contributed by atoms with Crippen LogP contribution in [0.15, 0.2) is 48.8 Å². The van der Waals surface area contributed by atoms with Crippen LogP contribution in [-0.2, 0) is 6.54 Å². The van der Waals surface area contributed by atoms with Crippen LogP contribution < -0.4 is 5.32 Å². The highest BCUT2D eigenvalue weighted by Crippen LogP contribution is 2.05. The van der Waals surface area contributed by atoms with Gasteiger partial charge in [-0.3, -0.25) is 0 Å². The molecule has 4 heteroatoms. The second-order valence-electron chi connectivity index (χ2n) is 4.80. The van der Waals surface area contributed by atoms with Crippen molar-refractivity contribution in [3.8, 4) is 0 Å². The summed E-state index contributed by atoms with van der Waals surface area (Å²) < 4.78 is 0. The molecule has 0 spiro atoms. The van der Waals surface area contributed by atoms with Gasteiger partial charge < -0.3 is 10.2 Å². The molecule has 2 aromatic rings. The van der Waals surface area contributed by atoms with E-state index in [9.17, 15) is 0 Å². The third kappa shape index (κ3) is 4.67. The minimum absolute atomic E-state index is 0.302. The Hall–Kier alpha value is -1.94. The zero-order valence-corrected chi connectivity index (χ0v) is 11.5. The number of nitrogens with one attached hydrogen (secondary N) is 1. The quantitative estimate of drug-likeness (QED) is 0.861. The Bertz CT molecular complexity index is 427. The highest BCUT2D eigenvalue weighted by atomic mass is 15.2. The van der Waals surface area contributed by atoms with Gasteiger partial charge in [0.25, 0.3) is 0 Å². The summed E-state index contributed by atoms with van der Waals surface area (Å²) in [5.41, 5.74) is 1.33. The van der Waals surface area contributed by atoms with Crippen molar-refractivity contribution in [3.05, 3.63) is 54.4 Å². The molecule has 1 N–H and O–H groups in total. The third-order valence-corrected chi connectivity index (χ3v) is 2.82. The van der Waals surface area contributed by atoms with Gasteiger partial charge in [-0.25, -0.2) is 9.97 Å². The molecule has 0 saturated carbocycles. The minimum Gasteiger partial charge on any atom is -0.350 e. The Morgan fingerprint density at radius 3 is 2.47 bits per heavy atom. The number of hydrogen-bond acceptors (Lipinski definition) is 4. The molecule has 1 unspecified atom stereocenters. The molecule has 0 fully saturated rings. The van der Waals surface area contributed by atoms with Gasteiger partial charge in [-0.1, -0.05) is 30.3 Å². The van der Waals surface area contributed by atoms with Crippen molar-refractivity contribution in [1.82, 2.24) is 14.9 Å². The van der Waals surface area contributed by atoms with Crippen LogP contribution >= 0.6 is 0 Å². The predicted molar refractivity (Wildman–Crippen MR) is 77.9 cm³/mol. The Morgan fingerprint density at radius 1 is 1.11 bits per heavy atom. The van der Waals surface area contributed by atoms with Gasteiger partial charge in [-0.2, -0.15) is 0 Å². The zero-order valence-electron chi connectivity index (χ0n) is 11.5. The third-order valence-electron chi connectivity index (χ3n) is 2.82. The van der Waals surface area contributed by atoms with E-state index in [-0.39, 0.29) is 0 Å². The maximum absolute atomic E-state index is 4.17. The molecule has 0 radical (unpaired) electrons. The standard InChI is InChI=1S/C15H20N4/c1-13(18-15-16-9-6-10-17-15)11-19(2)12-14-7-4-3-5-8-14/h3-10,13H,11-12H2,1-2H3,(H,16,17,18). The average molecular weight is 256 g/mol. The van der Waals surface area contributed by atoms with Crippen LogP contribution in [0.2, 0.25) is 0 Å². The molecule has 1 aromatic carbocycles. The predicted octanol–water partition coefficient (Wildman–Crippen LogP) is 2.41. The molecule has 0 aliphatic rings. The van der Waals surface area contributed by atoms with Crippen LogP contribution in [0, 0.1) is 0 Å². The highest BCUT2D eigenvalue weighted by molar-refractivity contribution is 5.23. The molecule has 100 valence electrons. The Balaban J connectivity index is 1.80. The Morgan fingerprint density at radius 2 is 1.79 bits per heavy atom. The van der Waals surface area contributed by atoms with Gasteiger partial charge in [0.1, 0.15) is 0 Å². The Kier molecular flexibility index (Phi) is 4.86. The molecule has 0 amide bonds. The lowest BCUT2D eigenvalue weighted by atomic mass is 10.2. The summed E-state index contributed by atoms with van der Waals surface area (Å²) in [4.78, 5) is 10.6. The zero-order chi connectivity index (χ0) is 13.5. The van der Waals surface area contributed by atoms with E-state index in [1.165, 1.54) is 5.56 Å². The van der Waals surface area contributed by atoms with E-state index in [1.807, 2.05) is 12.1 Å². The van der Waals surface area contributed by atoms with Gasteiger partial charge in [-0.05, 0) is 25.6 Å². The first-order valence-electron chi connectivity index (χ1n) is 6.50. The molecule has 0 bridgehead atoms. The van der Waals surface area contributed by atoms with Crippen molar-refractivity contribution < 1.29 is 0 Å². The van der Waals surface area contributed by atoms with E-state index in [2.05, 4.69) is 58.4 Å². The minimum atomic E-state index is 0.302. The summed E-state index contributed by atoms with van der Waals surface area (Å²) in [7, 11) is 2.12. The smallest absolute Gasteiger partial charge is 0.222 e. The number of anilines is 1. The van der Waals surface area contributed by atoms with Gasteiger partial charge in [0.2, 0.25) is 5.95 Å². The van der Waals surface area contributed by atoms with Crippen LogP contribution in [0.4, 0.5) is 5.95 Å². The van der Waals surface area contributed by atoms with E-state index in [0.717, 1.165) is 13.1 Å². The maximum atomic E-state index is 4.17. The molecule has 2 rings (SSSR count). The molecule has 0 saturated heterocycles. The normalized spacial score (nSPS) is 12.4. The lowest BCUT2D eigenvalue weighted by molar-refractivity contribution is 0.316. The molecule has 1 aromatic heterocycles. The first kappa shape index (κ1) is 13.5. The van der Waals surface area contributed by atoms with Gasteiger partial charge in [0.05, 0.1) is 0 Å². The number of nitrogens with zero attached hydrogens (tertiary/aromatic N) is 3. The van der Waals surface area contributed by atoms with Gasteiger partial charge in [-0.15, -0.1) is 0 Å². The van der Waals surface area contributed by atoms with Crippen molar-refractivity contribution in [1.29, 1.82) is 0 Å². The summed E-state index contributed by atoms with van der Waals surface area (Å²) in [6, 6.07) is 12.6. The number of benzene rings is 1. The highest BCUT2D eigenvalue weighted by Gasteiger charge is 2.07. The van der Waals surface area contributed by atoms with Crippen molar-refractivity contribution in [2.45, 2.75) is 19.5 Å². The molecule has 19 heavy (non-hydrogen) atoms. The lowest BCUT2D eigenvalue weighted by Crippen LogP contribution is -2.32. The number of hydrogen-bond donors (Lipinski definition) is 1. The van der Waals surface area contributed by atoms with Crippen molar-refractivity contribution in [2.24, 2.45) is 0 Å². The van der Waals surface area contributed by atoms with Gasteiger partial charge in [0, 0.05) is 31.5 Å². The monoisotopic (exact) mass is 256 g/mol. The summed E-state index contributed by atoms with van der Waals surface area (Å²) >= 11 is 0. The van der Waals surface area contributed by atoms with Crippen LogP contribution in [0.5, 0.6) is 0 Å². The van der Waals surface area contributed by atoms with Crippen molar-refractivity contribution >= 4 is 5.95 Å². The van der Waals surface area contributed by atoms with Crippen molar-refractivity contribution in [3.63, 3.8) is 0 Å². The van der Waals surface area contributed by atoms with E-state index < -0.39 is 0 Å². The van der Waals surface area contributed by atoms with Crippen molar-refractivity contribution in [2.75, 3.05) is 18.9 Å². The average Bonchev–Trinajstić information content (AvgIpc) is 2.40. The first-order valence-corrected chi connectivity index (χ1v) is 6.50. The second kappa shape index (κ2) is 6.85. The topological polar surface area (TPSA) is 41.0 Å².